The molecule has 0 aromatic heterocycles. The lowest BCUT2D eigenvalue weighted by Crippen LogP contribution is -2.50. The number of aliphatic hydroxyl groups excluding tert-OH is 1. The van der Waals surface area contributed by atoms with Gasteiger partial charge in [-0.2, -0.15) is 0 Å². The van der Waals surface area contributed by atoms with Crippen molar-refractivity contribution < 1.29 is 67.9 Å². The van der Waals surface area contributed by atoms with Crippen molar-refractivity contribution in [1.29, 1.82) is 0 Å². The third-order valence-electron chi connectivity index (χ3n) is 8.78. The number of carboxylic acids is 1. The van der Waals surface area contributed by atoms with Gasteiger partial charge in [0.2, 0.25) is 11.8 Å². The van der Waals surface area contributed by atoms with E-state index in [1.165, 1.54) is 40.0 Å². The molecule has 0 bridgehead atoms. The fourth-order valence-electron chi connectivity index (χ4n) is 6.41. The van der Waals surface area contributed by atoms with Crippen LogP contribution in [0.4, 0.5) is 0 Å². The number of carboxylic acid groups (broad SMARTS) is 1. The average molecular weight is 924 g/mol. The number of hydrogen-bond acceptors (Lipinski definition) is 13. The number of hydrogen-bond donors (Lipinski definition) is 5. The standard InChI is InChI=1S/C22H30BrNO6.C21H29NO7.CH4O/c1-13(2)10-17(22(28)29-5)12-20(27)21(30-15(4)26)19(24-14(3)25)11-16-6-8-18(23)9-7-16;1-12(2)9-16(21(27)28)11-19(26)20(29-14(4)24)18(22-13(3)23)10-15-5-7-17(25)8-6-15;1-2/h6-9,13,17,19,21H,10-12H2,1-5H3,(H,24,25);5-8,12,16,18,20,25H,9-11H2,1-4H3,(H,22,23)(H,27,28);2H,1H3/t17-,19-,21+;16-,18-,20+;/m11./s1. The summed E-state index contributed by atoms with van der Waals surface area (Å²) in [6.07, 6.45) is -1.78. The normalized spacial score (nSPS) is 13.5. The van der Waals surface area contributed by atoms with Crippen LogP contribution in [0.15, 0.2) is 53.0 Å². The number of nitrogens with one attached hydrogen (secondary N) is 2. The van der Waals surface area contributed by atoms with E-state index in [0.29, 0.717) is 18.4 Å². The number of rotatable bonds is 22. The number of ketones is 2. The van der Waals surface area contributed by atoms with Crippen molar-refractivity contribution in [3.8, 4) is 5.75 Å². The highest BCUT2D eigenvalue weighted by atomic mass is 79.9. The molecule has 0 fully saturated rings. The number of Topliss-reactive ketones (excluding diaryl/α,β-unsaturated/α-hetero) is 2. The van der Waals surface area contributed by atoms with Gasteiger partial charge in [-0.05, 0) is 72.9 Å². The molecule has 0 saturated carbocycles. The van der Waals surface area contributed by atoms with Gasteiger partial charge in [0, 0.05) is 52.1 Å². The number of aromatic hydroxyl groups is 1. The van der Waals surface area contributed by atoms with Crippen LogP contribution >= 0.6 is 15.9 Å². The van der Waals surface area contributed by atoms with Crippen molar-refractivity contribution in [2.75, 3.05) is 14.2 Å². The number of aliphatic hydroxyl groups is 1. The van der Waals surface area contributed by atoms with Gasteiger partial charge in [0.1, 0.15) is 5.75 Å². The van der Waals surface area contributed by atoms with E-state index in [0.717, 1.165) is 24.1 Å². The first-order chi connectivity index (χ1) is 28.5. The first kappa shape index (κ1) is 55.8. The third-order valence-corrected chi connectivity index (χ3v) is 9.31. The van der Waals surface area contributed by atoms with Crippen LogP contribution < -0.4 is 10.6 Å². The van der Waals surface area contributed by atoms with Gasteiger partial charge in [-0.3, -0.25) is 38.4 Å². The molecule has 17 heteroatoms. The van der Waals surface area contributed by atoms with Crippen LogP contribution in [0.3, 0.4) is 0 Å². The second-order valence-electron chi connectivity index (χ2n) is 15.2. The molecule has 0 aliphatic rings. The number of carbonyl (C=O) groups is 8. The molecule has 2 aromatic rings. The molecule has 0 saturated heterocycles. The van der Waals surface area contributed by atoms with Crippen molar-refractivity contribution in [2.24, 2.45) is 23.7 Å². The number of amides is 2. The Kier molecular flexibility index (Phi) is 26.7. The molecule has 5 N–H and O–H groups in total. The maximum Gasteiger partial charge on any atom is 0.309 e. The fraction of sp³-hybridized carbons (Fsp3) is 0.545. The smallest absolute Gasteiger partial charge is 0.309 e. The molecule has 0 heterocycles. The number of phenolic OH excluding ortho intramolecular Hbond substituents is 1. The predicted molar refractivity (Wildman–Crippen MR) is 229 cm³/mol. The first-order valence-corrected chi connectivity index (χ1v) is 20.5. The Hall–Kier alpha value is -5.16. The molecular formula is C44H63BrN2O14. The topological polar surface area (TPSA) is 249 Å². The molecule has 16 nitrogen and oxygen atoms in total. The summed E-state index contributed by atoms with van der Waals surface area (Å²) >= 11 is 3.37. The van der Waals surface area contributed by atoms with Crippen LogP contribution in [-0.4, -0.2) is 101 Å². The van der Waals surface area contributed by atoms with Gasteiger partial charge in [-0.25, -0.2) is 0 Å². The van der Waals surface area contributed by atoms with E-state index >= 15 is 0 Å². The zero-order chi connectivity index (χ0) is 47.0. The Bertz CT molecular complexity index is 1730. The highest BCUT2D eigenvalue weighted by molar-refractivity contribution is 9.10. The summed E-state index contributed by atoms with van der Waals surface area (Å²) in [6, 6.07) is 11.9. The Morgan fingerprint density at radius 3 is 1.31 bits per heavy atom. The average Bonchev–Trinajstić information content (AvgIpc) is 3.16. The predicted octanol–water partition coefficient (Wildman–Crippen LogP) is 4.91. The first-order valence-electron chi connectivity index (χ1n) is 19.7. The minimum atomic E-state index is -1.32. The second-order valence-corrected chi connectivity index (χ2v) is 16.1. The number of methoxy groups -OCH3 is 1. The summed E-state index contributed by atoms with van der Waals surface area (Å²) in [6.45, 7) is 12.6. The lowest BCUT2D eigenvalue weighted by molar-refractivity contribution is -0.157. The maximum absolute atomic E-state index is 13.1. The molecule has 61 heavy (non-hydrogen) atoms. The minimum absolute atomic E-state index is 0.0652. The zero-order valence-electron chi connectivity index (χ0n) is 36.7. The molecule has 0 unspecified atom stereocenters. The van der Waals surface area contributed by atoms with Crippen molar-refractivity contribution >= 4 is 63.2 Å². The van der Waals surface area contributed by atoms with Gasteiger partial charge >= 0.3 is 23.9 Å². The number of phenols is 1. The quantitative estimate of drug-likeness (QED) is 0.0778. The van der Waals surface area contributed by atoms with E-state index in [2.05, 4.69) is 26.6 Å². The summed E-state index contributed by atoms with van der Waals surface area (Å²) in [5, 5.41) is 31.2. The van der Waals surface area contributed by atoms with E-state index in [1.54, 1.807) is 12.1 Å². The van der Waals surface area contributed by atoms with E-state index in [-0.39, 0.29) is 49.2 Å². The SMILES string of the molecule is CC(=O)N[C@H](Cc1ccc(O)cc1)[C@H](OC(C)=O)C(=O)C[C@@H](CC(C)C)C(=O)O.CO.COC(=O)[C@@H](CC(=O)[C@@H](OC(C)=O)[C@@H](Cc1ccc(Br)cc1)NC(C)=O)CC(C)C. The summed E-state index contributed by atoms with van der Waals surface area (Å²) < 4.78 is 16.3. The molecule has 2 amide bonds. The lowest BCUT2D eigenvalue weighted by atomic mass is 9.88. The van der Waals surface area contributed by atoms with Crippen molar-refractivity contribution in [2.45, 2.75) is 118 Å². The highest BCUT2D eigenvalue weighted by Gasteiger charge is 2.37. The largest absolute Gasteiger partial charge is 0.508 e. The number of esters is 3. The second kappa shape index (κ2) is 29.2. The molecule has 0 aliphatic carbocycles. The van der Waals surface area contributed by atoms with Crippen LogP contribution in [0.2, 0.25) is 0 Å². The summed E-state index contributed by atoms with van der Waals surface area (Å²) in [4.78, 5) is 96.5. The van der Waals surface area contributed by atoms with Gasteiger partial charge in [0.25, 0.3) is 0 Å². The van der Waals surface area contributed by atoms with Gasteiger partial charge < -0.3 is 40.2 Å². The Balaban J connectivity index is 0.00000113. The number of aliphatic carboxylic acids is 1. The summed E-state index contributed by atoms with van der Waals surface area (Å²) in [7, 11) is 2.28. The van der Waals surface area contributed by atoms with Crippen LogP contribution in [-0.2, 0) is 65.4 Å². The van der Waals surface area contributed by atoms with Gasteiger partial charge in [0.05, 0.1) is 31.0 Å². The van der Waals surface area contributed by atoms with Gasteiger partial charge in [-0.1, -0.05) is 67.9 Å². The van der Waals surface area contributed by atoms with Gasteiger partial charge in [0.15, 0.2) is 23.8 Å². The molecule has 0 radical (unpaired) electrons. The lowest BCUT2D eigenvalue weighted by Gasteiger charge is -2.28. The molecule has 340 valence electrons. The number of benzene rings is 2. The van der Waals surface area contributed by atoms with Gasteiger partial charge in [-0.15, -0.1) is 0 Å². The van der Waals surface area contributed by atoms with Crippen LogP contribution in [0.25, 0.3) is 0 Å². The monoisotopic (exact) mass is 922 g/mol. The molecule has 6 atom stereocenters. The van der Waals surface area contributed by atoms with E-state index in [1.807, 2.05) is 52.0 Å². The molecule has 2 aromatic carbocycles. The summed E-state index contributed by atoms with van der Waals surface area (Å²) in [5.41, 5.74) is 1.55. The maximum atomic E-state index is 13.1. The molecule has 0 aliphatic heterocycles. The van der Waals surface area contributed by atoms with Crippen molar-refractivity contribution in [1.82, 2.24) is 10.6 Å². The molecule has 2 rings (SSSR count). The Labute approximate surface area is 366 Å². The molecule has 0 spiro atoms. The number of ether oxygens (including phenoxy) is 3. The van der Waals surface area contributed by atoms with Crippen molar-refractivity contribution in [3.63, 3.8) is 0 Å². The Morgan fingerprint density at radius 1 is 0.623 bits per heavy atom. The van der Waals surface area contributed by atoms with Crippen molar-refractivity contribution in [3.05, 3.63) is 64.1 Å². The highest BCUT2D eigenvalue weighted by Crippen LogP contribution is 2.23. The fourth-order valence-corrected chi connectivity index (χ4v) is 6.67. The van der Waals surface area contributed by atoms with E-state index in [4.69, 9.17) is 19.3 Å². The van der Waals surface area contributed by atoms with Crippen LogP contribution in [0, 0.1) is 23.7 Å². The molecular weight excluding hydrogens is 860 g/mol. The van der Waals surface area contributed by atoms with Crippen LogP contribution in [0.1, 0.15) is 92.2 Å². The number of carbonyl (C=O) groups excluding carboxylic acids is 7. The number of halogens is 1. The Morgan fingerprint density at radius 2 is 0.984 bits per heavy atom. The minimum Gasteiger partial charge on any atom is -0.508 e. The third kappa shape index (κ3) is 23.4. The summed E-state index contributed by atoms with van der Waals surface area (Å²) in [5.74, 6) is -5.95. The zero-order valence-corrected chi connectivity index (χ0v) is 38.3. The van der Waals surface area contributed by atoms with Crippen LogP contribution in [0.5, 0.6) is 5.75 Å². The van der Waals surface area contributed by atoms with E-state index in [9.17, 15) is 48.6 Å². The van der Waals surface area contributed by atoms with E-state index < -0.39 is 77.5 Å².